The van der Waals surface area contributed by atoms with Crippen LogP contribution in [0.25, 0.3) is 5.82 Å². The summed E-state index contributed by atoms with van der Waals surface area (Å²) < 4.78 is 16.0. The number of hydrogen-bond donors (Lipinski definition) is 2. The molecular weight excluding hydrogens is 407 g/mol. The molecule has 30 heavy (non-hydrogen) atoms. The minimum atomic E-state index is -0.961. The molecule has 4 rings (SSSR count). The van der Waals surface area contributed by atoms with Crippen molar-refractivity contribution in [2.45, 2.75) is 19.4 Å². The van der Waals surface area contributed by atoms with Crippen molar-refractivity contribution < 1.29 is 9.18 Å². The average Bonchev–Trinajstić information content (AvgIpc) is 3.15. The van der Waals surface area contributed by atoms with Gasteiger partial charge < -0.3 is 11.1 Å². The van der Waals surface area contributed by atoms with Crippen molar-refractivity contribution in [2.24, 2.45) is 10.7 Å². The van der Waals surface area contributed by atoms with Crippen LogP contribution in [-0.2, 0) is 5.54 Å². The zero-order valence-electron chi connectivity index (χ0n) is 16.1. The lowest BCUT2D eigenvalue weighted by Crippen LogP contribution is -2.25. The second kappa shape index (κ2) is 7.67. The van der Waals surface area contributed by atoms with Crippen molar-refractivity contribution in [1.82, 2.24) is 24.7 Å². The lowest BCUT2D eigenvalue weighted by Gasteiger charge is -2.26. The van der Waals surface area contributed by atoms with E-state index in [1.807, 2.05) is 0 Å². The van der Waals surface area contributed by atoms with Crippen LogP contribution in [0.4, 0.5) is 10.1 Å². The Morgan fingerprint density at radius 1 is 1.27 bits per heavy atom. The van der Waals surface area contributed by atoms with E-state index in [1.54, 1.807) is 25.3 Å². The van der Waals surface area contributed by atoms with Gasteiger partial charge in [0.05, 0.1) is 12.4 Å². The van der Waals surface area contributed by atoms with E-state index in [0.29, 0.717) is 28.1 Å². The van der Waals surface area contributed by atoms with Crippen molar-refractivity contribution >= 4 is 28.5 Å². The fourth-order valence-electron chi connectivity index (χ4n) is 2.88. The lowest BCUT2D eigenvalue weighted by molar-refractivity contribution is 0.102. The Balaban J connectivity index is 1.55. The SMILES string of the molecule is Cc1ncn(-c2cnc(C(=O)Nc3ccc(F)c([C@]4(C)C=CSC(N)=N4)c3)cn2)n1. The number of amidine groups is 1. The van der Waals surface area contributed by atoms with Gasteiger partial charge in [0.2, 0.25) is 0 Å². The summed E-state index contributed by atoms with van der Waals surface area (Å²) in [5.74, 6) is 0.0960. The largest absolute Gasteiger partial charge is 0.378 e. The van der Waals surface area contributed by atoms with E-state index in [-0.39, 0.29) is 5.69 Å². The molecule has 0 saturated carbocycles. The number of hydrogen-bond acceptors (Lipinski definition) is 8. The molecule has 9 nitrogen and oxygen atoms in total. The van der Waals surface area contributed by atoms with Crippen LogP contribution in [0.3, 0.4) is 0 Å². The fraction of sp³-hybridized carbons (Fsp3) is 0.158. The molecule has 11 heteroatoms. The Morgan fingerprint density at radius 2 is 2.10 bits per heavy atom. The number of thioether (sulfide) groups is 1. The highest BCUT2D eigenvalue weighted by atomic mass is 32.2. The molecule has 0 radical (unpaired) electrons. The number of benzene rings is 1. The number of aliphatic imine (C=N–C) groups is 1. The number of nitrogens with zero attached hydrogens (tertiary/aromatic N) is 6. The van der Waals surface area contributed by atoms with E-state index in [2.05, 4.69) is 30.4 Å². The van der Waals surface area contributed by atoms with Crippen LogP contribution in [0, 0.1) is 12.7 Å². The van der Waals surface area contributed by atoms with E-state index in [9.17, 15) is 9.18 Å². The molecular formula is C19H17FN8OS. The molecule has 1 atom stereocenters. The number of halogens is 1. The predicted molar refractivity (Wildman–Crippen MR) is 112 cm³/mol. The second-order valence-electron chi connectivity index (χ2n) is 6.66. The average molecular weight is 424 g/mol. The summed E-state index contributed by atoms with van der Waals surface area (Å²) in [5.41, 5.74) is 5.63. The molecule has 1 aliphatic heterocycles. The van der Waals surface area contributed by atoms with E-state index in [0.717, 1.165) is 0 Å². The monoisotopic (exact) mass is 424 g/mol. The quantitative estimate of drug-likeness (QED) is 0.659. The molecule has 3 heterocycles. The van der Waals surface area contributed by atoms with Gasteiger partial charge in [0, 0.05) is 11.3 Å². The van der Waals surface area contributed by atoms with Gasteiger partial charge in [0.15, 0.2) is 11.0 Å². The molecule has 0 fully saturated rings. The highest BCUT2D eigenvalue weighted by Crippen LogP contribution is 2.35. The molecule has 0 aliphatic carbocycles. The number of anilines is 1. The maximum Gasteiger partial charge on any atom is 0.275 e. The van der Waals surface area contributed by atoms with Crippen molar-refractivity contribution in [1.29, 1.82) is 0 Å². The zero-order valence-corrected chi connectivity index (χ0v) is 16.9. The third-order valence-electron chi connectivity index (χ3n) is 4.41. The summed E-state index contributed by atoms with van der Waals surface area (Å²) in [6.45, 7) is 3.50. The summed E-state index contributed by atoms with van der Waals surface area (Å²) >= 11 is 1.26. The van der Waals surface area contributed by atoms with Crippen LogP contribution in [0.15, 0.2) is 53.4 Å². The van der Waals surface area contributed by atoms with E-state index in [1.165, 1.54) is 53.4 Å². The first-order chi connectivity index (χ1) is 14.3. The molecule has 1 aliphatic rings. The van der Waals surface area contributed by atoms with Crippen LogP contribution in [-0.4, -0.2) is 35.8 Å². The topological polar surface area (TPSA) is 124 Å². The van der Waals surface area contributed by atoms with Gasteiger partial charge in [0.25, 0.3) is 5.91 Å². The summed E-state index contributed by atoms with van der Waals surface area (Å²) in [4.78, 5) is 29.2. The number of nitrogens with two attached hydrogens (primary N) is 1. The van der Waals surface area contributed by atoms with Crippen molar-refractivity contribution in [2.75, 3.05) is 5.32 Å². The second-order valence-corrected chi connectivity index (χ2v) is 7.59. The third-order valence-corrected chi connectivity index (χ3v) is 5.01. The number of nitrogens with one attached hydrogen (secondary N) is 1. The number of rotatable bonds is 4. The van der Waals surface area contributed by atoms with Gasteiger partial charge in [-0.3, -0.25) is 4.79 Å². The molecule has 1 aromatic carbocycles. The minimum absolute atomic E-state index is 0.101. The van der Waals surface area contributed by atoms with Gasteiger partial charge in [-0.2, -0.15) is 5.10 Å². The number of carbonyl (C=O) groups is 1. The Morgan fingerprint density at radius 3 is 2.77 bits per heavy atom. The van der Waals surface area contributed by atoms with Crippen LogP contribution >= 0.6 is 11.8 Å². The fourth-order valence-corrected chi connectivity index (χ4v) is 3.59. The number of aromatic nitrogens is 5. The van der Waals surface area contributed by atoms with Gasteiger partial charge in [-0.1, -0.05) is 11.8 Å². The summed E-state index contributed by atoms with van der Waals surface area (Å²) in [6, 6.07) is 4.28. The molecule has 3 aromatic rings. The lowest BCUT2D eigenvalue weighted by atomic mass is 9.92. The van der Waals surface area contributed by atoms with Crippen LogP contribution in [0.5, 0.6) is 0 Å². The zero-order chi connectivity index (χ0) is 21.3. The molecule has 2 aromatic heterocycles. The van der Waals surface area contributed by atoms with Gasteiger partial charge >= 0.3 is 0 Å². The maximum atomic E-state index is 14.5. The Bertz CT molecular complexity index is 1170. The summed E-state index contributed by atoms with van der Waals surface area (Å²) in [7, 11) is 0. The van der Waals surface area contributed by atoms with E-state index >= 15 is 0 Å². The smallest absolute Gasteiger partial charge is 0.275 e. The number of aryl methyl sites for hydroxylation is 1. The molecule has 0 spiro atoms. The first-order valence-corrected chi connectivity index (χ1v) is 9.74. The Kier molecular flexibility index (Phi) is 5.04. The number of carbonyl (C=O) groups excluding carboxylic acids is 1. The van der Waals surface area contributed by atoms with E-state index in [4.69, 9.17) is 5.73 Å². The van der Waals surface area contributed by atoms with Gasteiger partial charge in [-0.05, 0) is 43.5 Å². The molecule has 152 valence electrons. The normalized spacial score (nSPS) is 18.2. The van der Waals surface area contributed by atoms with Crippen molar-refractivity contribution in [3.05, 3.63) is 71.3 Å². The third kappa shape index (κ3) is 3.92. The van der Waals surface area contributed by atoms with Crippen LogP contribution in [0.2, 0.25) is 0 Å². The molecule has 0 unspecified atom stereocenters. The molecule has 1 amide bonds. The van der Waals surface area contributed by atoms with Crippen LogP contribution in [0.1, 0.15) is 28.8 Å². The summed E-state index contributed by atoms with van der Waals surface area (Å²) in [6.07, 6.45) is 6.02. The van der Waals surface area contributed by atoms with Gasteiger partial charge in [0.1, 0.15) is 29.2 Å². The highest BCUT2D eigenvalue weighted by Gasteiger charge is 2.29. The standard InChI is InChI=1S/C19H17FN8OS/c1-11-24-10-28(27-11)16-9-22-15(8-23-16)17(29)25-12-3-4-14(20)13(7-12)19(2)5-6-30-18(21)26-19/h3-10H,1-2H3,(H2,21,26)(H,25,29)/t19-/m0/s1. The first kappa shape index (κ1) is 19.7. The van der Waals surface area contributed by atoms with Crippen LogP contribution < -0.4 is 11.1 Å². The van der Waals surface area contributed by atoms with Gasteiger partial charge in [-0.15, -0.1) is 0 Å². The van der Waals surface area contributed by atoms with Gasteiger partial charge in [-0.25, -0.2) is 29.0 Å². The minimum Gasteiger partial charge on any atom is -0.378 e. The maximum absolute atomic E-state index is 14.5. The first-order valence-electron chi connectivity index (χ1n) is 8.86. The van der Waals surface area contributed by atoms with Crippen molar-refractivity contribution in [3.8, 4) is 5.82 Å². The molecule has 3 N–H and O–H groups in total. The molecule has 0 saturated heterocycles. The predicted octanol–water partition coefficient (Wildman–Crippen LogP) is 2.55. The number of amides is 1. The highest BCUT2D eigenvalue weighted by molar-refractivity contribution is 8.16. The Labute approximate surface area is 175 Å². The molecule has 0 bridgehead atoms. The Hall–Kier alpha value is -3.60. The summed E-state index contributed by atoms with van der Waals surface area (Å²) in [5, 5.41) is 8.95. The van der Waals surface area contributed by atoms with Crippen molar-refractivity contribution in [3.63, 3.8) is 0 Å². The van der Waals surface area contributed by atoms with E-state index < -0.39 is 17.3 Å².